The molecule has 1 saturated heterocycles. The second kappa shape index (κ2) is 5.00. The Morgan fingerprint density at radius 2 is 2.33 bits per heavy atom. The average Bonchev–Trinajstić information content (AvgIpc) is 2.31. The molecule has 0 saturated carbocycles. The van der Waals surface area contributed by atoms with Gasteiger partial charge in [0.25, 0.3) is 0 Å². The molecule has 1 fully saturated rings. The lowest BCUT2D eigenvalue weighted by atomic mass is 10.1. The fourth-order valence-corrected chi connectivity index (χ4v) is 1.77. The van der Waals surface area contributed by atoms with E-state index in [4.69, 9.17) is 0 Å². The molecule has 2 heterocycles. The fourth-order valence-electron chi connectivity index (χ4n) is 1.77. The van der Waals surface area contributed by atoms with Gasteiger partial charge in [-0.15, -0.1) is 0 Å². The van der Waals surface area contributed by atoms with Crippen LogP contribution in [0.1, 0.15) is 5.56 Å². The standard InChI is InChI=1S/C11H14N3O/c15-9-11-7-13-5-6-14(11)8-10-1-3-12-4-2-10/h1-4,11,13H,5-8H2. The minimum atomic E-state index is -0.119. The third-order valence-electron chi connectivity index (χ3n) is 2.63. The number of hydrogen-bond acceptors (Lipinski definition) is 4. The van der Waals surface area contributed by atoms with E-state index in [0.29, 0.717) is 6.54 Å². The van der Waals surface area contributed by atoms with E-state index in [-0.39, 0.29) is 6.04 Å². The van der Waals surface area contributed by atoms with Gasteiger partial charge in [-0.1, -0.05) is 0 Å². The normalized spacial score (nSPS) is 22.5. The molecule has 0 amide bonds. The van der Waals surface area contributed by atoms with Crippen molar-refractivity contribution < 1.29 is 4.79 Å². The van der Waals surface area contributed by atoms with Gasteiger partial charge in [0.1, 0.15) is 0 Å². The smallest absolute Gasteiger partial charge is 0.218 e. The molecule has 0 spiro atoms. The summed E-state index contributed by atoms with van der Waals surface area (Å²) in [7, 11) is 0. The highest BCUT2D eigenvalue weighted by Crippen LogP contribution is 2.07. The van der Waals surface area contributed by atoms with Gasteiger partial charge in [0, 0.05) is 38.6 Å². The van der Waals surface area contributed by atoms with Crippen LogP contribution >= 0.6 is 0 Å². The van der Waals surface area contributed by atoms with E-state index in [1.54, 1.807) is 12.4 Å². The second-order valence-electron chi connectivity index (χ2n) is 3.66. The minimum Gasteiger partial charge on any atom is -0.313 e. The molecule has 1 aliphatic rings. The molecule has 1 aromatic heterocycles. The predicted molar refractivity (Wildman–Crippen MR) is 57.0 cm³/mol. The van der Waals surface area contributed by atoms with Gasteiger partial charge in [0.15, 0.2) is 0 Å². The zero-order chi connectivity index (χ0) is 10.5. The van der Waals surface area contributed by atoms with Gasteiger partial charge in [-0.25, -0.2) is 0 Å². The maximum atomic E-state index is 10.7. The van der Waals surface area contributed by atoms with Gasteiger partial charge in [0.2, 0.25) is 6.29 Å². The molecule has 15 heavy (non-hydrogen) atoms. The summed E-state index contributed by atoms with van der Waals surface area (Å²) in [5.41, 5.74) is 1.19. The van der Waals surface area contributed by atoms with E-state index in [1.807, 2.05) is 12.1 Å². The number of piperazine rings is 1. The highest BCUT2D eigenvalue weighted by Gasteiger charge is 2.21. The first-order valence-corrected chi connectivity index (χ1v) is 5.11. The lowest BCUT2D eigenvalue weighted by Gasteiger charge is -2.32. The summed E-state index contributed by atoms with van der Waals surface area (Å²) < 4.78 is 0. The zero-order valence-corrected chi connectivity index (χ0v) is 8.52. The zero-order valence-electron chi connectivity index (χ0n) is 8.52. The monoisotopic (exact) mass is 204 g/mol. The van der Waals surface area contributed by atoms with E-state index < -0.39 is 0 Å². The first kappa shape index (κ1) is 10.3. The SMILES string of the molecule is O=[C]C1CNCCN1Cc1ccncc1. The summed E-state index contributed by atoms with van der Waals surface area (Å²) in [4.78, 5) is 16.8. The Morgan fingerprint density at radius 3 is 3.07 bits per heavy atom. The molecule has 2 rings (SSSR count). The molecular formula is C11H14N3O. The first-order valence-electron chi connectivity index (χ1n) is 5.11. The van der Waals surface area contributed by atoms with Gasteiger partial charge >= 0.3 is 0 Å². The number of rotatable bonds is 3. The topological polar surface area (TPSA) is 45.2 Å². The highest BCUT2D eigenvalue weighted by molar-refractivity contribution is 5.59. The Morgan fingerprint density at radius 1 is 1.53 bits per heavy atom. The molecule has 0 bridgehead atoms. The van der Waals surface area contributed by atoms with Crippen LogP contribution in [0, 0.1) is 0 Å². The summed E-state index contributed by atoms with van der Waals surface area (Å²) >= 11 is 0. The largest absolute Gasteiger partial charge is 0.313 e. The van der Waals surface area contributed by atoms with E-state index in [9.17, 15) is 4.79 Å². The summed E-state index contributed by atoms with van der Waals surface area (Å²) in [5.74, 6) is 0. The molecule has 1 unspecified atom stereocenters. The number of nitrogens with zero attached hydrogens (tertiary/aromatic N) is 2. The highest BCUT2D eigenvalue weighted by atomic mass is 16.1. The van der Waals surface area contributed by atoms with Gasteiger partial charge in [-0.2, -0.15) is 0 Å². The summed E-state index contributed by atoms with van der Waals surface area (Å²) in [6.07, 6.45) is 5.62. The minimum absolute atomic E-state index is 0.119. The van der Waals surface area contributed by atoms with E-state index >= 15 is 0 Å². The van der Waals surface area contributed by atoms with Crippen LogP contribution in [0.5, 0.6) is 0 Å². The molecule has 0 aromatic carbocycles. The number of aromatic nitrogens is 1. The molecular weight excluding hydrogens is 190 g/mol. The van der Waals surface area contributed by atoms with Crippen molar-refractivity contribution >= 4 is 6.29 Å². The molecule has 1 aromatic rings. The van der Waals surface area contributed by atoms with Crippen molar-refractivity contribution in [2.75, 3.05) is 19.6 Å². The summed E-state index contributed by atoms with van der Waals surface area (Å²) in [6, 6.07) is 3.83. The van der Waals surface area contributed by atoms with Crippen LogP contribution in [0.3, 0.4) is 0 Å². The molecule has 1 N–H and O–H groups in total. The number of pyridine rings is 1. The van der Waals surface area contributed by atoms with Crippen LogP contribution in [-0.2, 0) is 11.3 Å². The Hall–Kier alpha value is -1.26. The van der Waals surface area contributed by atoms with Crippen LogP contribution in [0.25, 0.3) is 0 Å². The molecule has 1 aliphatic heterocycles. The van der Waals surface area contributed by atoms with Crippen LogP contribution in [0.15, 0.2) is 24.5 Å². The summed E-state index contributed by atoms with van der Waals surface area (Å²) in [5, 5.41) is 3.18. The van der Waals surface area contributed by atoms with Crippen LogP contribution in [-0.4, -0.2) is 41.8 Å². The van der Waals surface area contributed by atoms with Crippen molar-refractivity contribution in [1.82, 2.24) is 15.2 Å². The van der Waals surface area contributed by atoms with Crippen molar-refractivity contribution in [3.05, 3.63) is 30.1 Å². The van der Waals surface area contributed by atoms with E-state index in [2.05, 4.69) is 21.5 Å². The molecule has 4 heteroatoms. The van der Waals surface area contributed by atoms with Crippen LogP contribution in [0.4, 0.5) is 0 Å². The maximum absolute atomic E-state index is 10.7. The number of nitrogens with one attached hydrogen (secondary N) is 1. The maximum Gasteiger partial charge on any atom is 0.218 e. The van der Waals surface area contributed by atoms with E-state index in [0.717, 1.165) is 19.6 Å². The number of carbonyl (C=O) groups excluding carboxylic acids is 1. The second-order valence-corrected chi connectivity index (χ2v) is 3.66. The molecule has 79 valence electrons. The van der Waals surface area contributed by atoms with Gasteiger partial charge < -0.3 is 5.32 Å². The van der Waals surface area contributed by atoms with Crippen LogP contribution in [0.2, 0.25) is 0 Å². The molecule has 4 nitrogen and oxygen atoms in total. The Labute approximate surface area is 89.3 Å². The fraction of sp³-hybridized carbons (Fsp3) is 0.455. The van der Waals surface area contributed by atoms with E-state index in [1.165, 1.54) is 5.56 Å². The van der Waals surface area contributed by atoms with Crippen molar-refractivity contribution in [3.63, 3.8) is 0 Å². The lowest BCUT2D eigenvalue weighted by Crippen LogP contribution is -2.51. The first-order chi connectivity index (χ1) is 7.40. The third-order valence-corrected chi connectivity index (χ3v) is 2.63. The van der Waals surface area contributed by atoms with Gasteiger partial charge in [-0.05, 0) is 17.7 Å². The lowest BCUT2D eigenvalue weighted by molar-refractivity contribution is 0.193. The molecule has 1 radical (unpaired) electrons. The average molecular weight is 204 g/mol. The number of hydrogen-bond donors (Lipinski definition) is 1. The molecule has 1 atom stereocenters. The van der Waals surface area contributed by atoms with Crippen molar-refractivity contribution in [2.24, 2.45) is 0 Å². The quantitative estimate of drug-likeness (QED) is 0.750. The van der Waals surface area contributed by atoms with Crippen molar-refractivity contribution in [2.45, 2.75) is 12.6 Å². The molecule has 0 aliphatic carbocycles. The van der Waals surface area contributed by atoms with Crippen molar-refractivity contribution in [1.29, 1.82) is 0 Å². The Kier molecular flexibility index (Phi) is 3.42. The third kappa shape index (κ3) is 2.61. The van der Waals surface area contributed by atoms with Crippen LogP contribution < -0.4 is 5.32 Å². The van der Waals surface area contributed by atoms with Gasteiger partial charge in [-0.3, -0.25) is 14.7 Å². The summed E-state index contributed by atoms with van der Waals surface area (Å²) in [6.45, 7) is 3.32. The van der Waals surface area contributed by atoms with Gasteiger partial charge in [0.05, 0.1) is 6.04 Å². The Bertz CT molecular complexity index is 315. The predicted octanol–water partition coefficient (Wildman–Crippen LogP) is -0.0349. The Balaban J connectivity index is 2.00. The van der Waals surface area contributed by atoms with Crippen molar-refractivity contribution in [3.8, 4) is 0 Å².